The molecule has 0 saturated heterocycles. The highest BCUT2D eigenvalue weighted by Crippen LogP contribution is 2.30. The number of aryl methyl sites for hydroxylation is 1. The van der Waals surface area contributed by atoms with Crippen LogP contribution in [0.15, 0.2) is 58.1 Å². The Morgan fingerprint density at radius 3 is 2.39 bits per heavy atom. The summed E-state index contributed by atoms with van der Waals surface area (Å²) in [4.78, 5) is 33.0. The van der Waals surface area contributed by atoms with E-state index in [1.807, 2.05) is 41.0 Å². The smallest absolute Gasteiger partial charge is 0.318 e. The number of nitrogens with zero attached hydrogens (tertiary/aromatic N) is 6. The predicted octanol–water partition coefficient (Wildman–Crippen LogP) is 3.53. The molecule has 10 heteroatoms. The summed E-state index contributed by atoms with van der Waals surface area (Å²) in [5.74, 6) is 1.35. The van der Waals surface area contributed by atoms with Gasteiger partial charge < -0.3 is 4.57 Å². The van der Waals surface area contributed by atoms with Crippen molar-refractivity contribution in [3.8, 4) is 22.5 Å². The molecule has 5 aromatic rings. The SMILES string of the molecule is CCCCCc1nc2[nH]c(=O)n(CC)c(=O)c2n1Cc1ccc(-c2ccccc2-c2nn[nH]n2)cc1. The fraction of sp³-hybridized carbons (Fsp3) is 0.308. The molecule has 0 unspecified atom stereocenters. The third kappa shape index (κ3) is 4.37. The van der Waals surface area contributed by atoms with Crippen molar-refractivity contribution in [3.05, 3.63) is 80.8 Å². The van der Waals surface area contributed by atoms with Gasteiger partial charge in [0.2, 0.25) is 5.82 Å². The number of hydrogen-bond donors (Lipinski definition) is 2. The zero-order chi connectivity index (χ0) is 25.1. The van der Waals surface area contributed by atoms with Gasteiger partial charge in [-0.25, -0.2) is 9.78 Å². The Kier molecular flexibility index (Phi) is 6.57. The van der Waals surface area contributed by atoms with E-state index in [1.54, 1.807) is 6.92 Å². The van der Waals surface area contributed by atoms with Crippen LogP contribution in [0, 0.1) is 0 Å². The van der Waals surface area contributed by atoms with Gasteiger partial charge in [0.25, 0.3) is 5.56 Å². The number of H-pyrrole nitrogens is 2. The van der Waals surface area contributed by atoms with Crippen molar-refractivity contribution in [2.24, 2.45) is 0 Å². The second-order valence-electron chi connectivity index (χ2n) is 8.73. The number of benzene rings is 2. The summed E-state index contributed by atoms with van der Waals surface area (Å²) in [6.45, 7) is 4.72. The van der Waals surface area contributed by atoms with Gasteiger partial charge in [0.05, 0.1) is 0 Å². The van der Waals surface area contributed by atoms with Crippen LogP contribution in [-0.4, -0.2) is 39.7 Å². The average molecular weight is 485 g/mol. The highest BCUT2D eigenvalue weighted by molar-refractivity contribution is 5.80. The molecule has 0 aliphatic heterocycles. The quantitative estimate of drug-likeness (QED) is 0.308. The van der Waals surface area contributed by atoms with E-state index in [1.165, 1.54) is 4.57 Å². The number of imidazole rings is 1. The van der Waals surface area contributed by atoms with Crippen molar-refractivity contribution in [3.63, 3.8) is 0 Å². The first-order valence-corrected chi connectivity index (χ1v) is 12.2. The molecule has 0 bridgehead atoms. The Morgan fingerprint density at radius 1 is 0.917 bits per heavy atom. The Labute approximate surface area is 207 Å². The standard InChI is InChI=1S/C26H28N8O2/c1-3-5-6-11-21-27-24-22(25(35)33(4-2)26(36)28-24)34(21)16-17-12-14-18(15-13-17)19-9-7-8-10-20(19)23-29-31-32-30-23/h7-10,12-15H,3-6,11,16H2,1-2H3,(H,28,36)(H,29,30,31,32). The van der Waals surface area contributed by atoms with E-state index < -0.39 is 5.69 Å². The summed E-state index contributed by atoms with van der Waals surface area (Å²) in [6, 6.07) is 16.1. The molecule has 0 aliphatic carbocycles. The lowest BCUT2D eigenvalue weighted by atomic mass is 9.98. The first-order valence-electron chi connectivity index (χ1n) is 12.2. The summed E-state index contributed by atoms with van der Waals surface area (Å²) in [5.41, 5.74) is 4.00. The molecule has 2 N–H and O–H groups in total. The topological polar surface area (TPSA) is 127 Å². The molecule has 10 nitrogen and oxygen atoms in total. The van der Waals surface area contributed by atoms with Gasteiger partial charge in [0, 0.05) is 25.1 Å². The third-order valence-corrected chi connectivity index (χ3v) is 6.40. The lowest BCUT2D eigenvalue weighted by molar-refractivity contribution is 0.652. The predicted molar refractivity (Wildman–Crippen MR) is 138 cm³/mol. The van der Waals surface area contributed by atoms with E-state index >= 15 is 0 Å². The number of fused-ring (bicyclic) bond motifs is 1. The lowest BCUT2D eigenvalue weighted by Gasteiger charge is -2.11. The maximum atomic E-state index is 13.2. The van der Waals surface area contributed by atoms with E-state index in [2.05, 4.69) is 49.6 Å². The number of tetrazole rings is 1. The van der Waals surface area contributed by atoms with Crippen molar-refractivity contribution in [2.75, 3.05) is 0 Å². The van der Waals surface area contributed by atoms with Crippen LogP contribution >= 0.6 is 0 Å². The van der Waals surface area contributed by atoms with E-state index in [-0.39, 0.29) is 5.56 Å². The van der Waals surface area contributed by atoms with Crippen molar-refractivity contribution in [2.45, 2.75) is 52.6 Å². The first-order chi connectivity index (χ1) is 17.6. The Bertz CT molecular complexity index is 1590. The van der Waals surface area contributed by atoms with Crippen LogP contribution in [0.4, 0.5) is 0 Å². The largest absolute Gasteiger partial charge is 0.330 e. The van der Waals surface area contributed by atoms with Crippen LogP contribution in [0.1, 0.15) is 44.5 Å². The normalized spacial score (nSPS) is 11.4. The zero-order valence-corrected chi connectivity index (χ0v) is 20.4. The van der Waals surface area contributed by atoms with E-state index in [0.717, 1.165) is 53.8 Å². The number of aromatic nitrogens is 8. The molecule has 0 radical (unpaired) electrons. The molecule has 5 rings (SSSR count). The molecule has 0 amide bonds. The van der Waals surface area contributed by atoms with Crippen molar-refractivity contribution >= 4 is 11.2 Å². The fourth-order valence-electron chi connectivity index (χ4n) is 4.55. The molecule has 0 saturated carbocycles. The van der Waals surface area contributed by atoms with Crippen LogP contribution in [0.3, 0.4) is 0 Å². The van der Waals surface area contributed by atoms with Crippen molar-refractivity contribution in [1.29, 1.82) is 0 Å². The third-order valence-electron chi connectivity index (χ3n) is 6.40. The van der Waals surface area contributed by atoms with Gasteiger partial charge in [0.15, 0.2) is 11.2 Å². The molecule has 2 aromatic carbocycles. The van der Waals surface area contributed by atoms with Gasteiger partial charge in [-0.3, -0.25) is 14.3 Å². The minimum atomic E-state index is -0.427. The number of nitrogens with one attached hydrogen (secondary N) is 2. The summed E-state index contributed by atoms with van der Waals surface area (Å²) in [6.07, 6.45) is 3.88. The number of unbranched alkanes of at least 4 members (excludes halogenated alkanes) is 2. The Hall–Kier alpha value is -4.34. The second-order valence-corrected chi connectivity index (χ2v) is 8.73. The van der Waals surface area contributed by atoms with Crippen LogP contribution < -0.4 is 11.2 Å². The Morgan fingerprint density at radius 2 is 1.69 bits per heavy atom. The molecular weight excluding hydrogens is 456 g/mol. The van der Waals surface area contributed by atoms with Gasteiger partial charge in [-0.05, 0) is 35.2 Å². The van der Waals surface area contributed by atoms with E-state index in [9.17, 15) is 9.59 Å². The van der Waals surface area contributed by atoms with Gasteiger partial charge >= 0.3 is 5.69 Å². The van der Waals surface area contributed by atoms with Crippen LogP contribution in [0.5, 0.6) is 0 Å². The van der Waals surface area contributed by atoms with Gasteiger partial charge in [-0.15, -0.1) is 10.2 Å². The molecule has 3 heterocycles. The van der Waals surface area contributed by atoms with E-state index in [4.69, 9.17) is 0 Å². The molecule has 0 aliphatic rings. The van der Waals surface area contributed by atoms with E-state index in [0.29, 0.717) is 30.1 Å². The highest BCUT2D eigenvalue weighted by Gasteiger charge is 2.18. The van der Waals surface area contributed by atoms with Crippen LogP contribution in [-0.2, 0) is 19.5 Å². The zero-order valence-electron chi connectivity index (χ0n) is 20.4. The highest BCUT2D eigenvalue weighted by atomic mass is 16.2. The summed E-state index contributed by atoms with van der Waals surface area (Å²) in [5, 5.41) is 14.4. The summed E-state index contributed by atoms with van der Waals surface area (Å²) in [7, 11) is 0. The monoisotopic (exact) mass is 484 g/mol. The Balaban J connectivity index is 1.53. The fourth-order valence-corrected chi connectivity index (χ4v) is 4.55. The molecule has 3 aromatic heterocycles. The number of rotatable bonds is 9. The number of hydrogen-bond acceptors (Lipinski definition) is 6. The molecule has 0 atom stereocenters. The number of aromatic amines is 2. The minimum Gasteiger partial charge on any atom is -0.318 e. The summed E-state index contributed by atoms with van der Waals surface area (Å²) < 4.78 is 3.17. The van der Waals surface area contributed by atoms with Gasteiger partial charge in [-0.1, -0.05) is 68.3 Å². The second kappa shape index (κ2) is 10.1. The van der Waals surface area contributed by atoms with Crippen molar-refractivity contribution in [1.82, 2.24) is 39.7 Å². The van der Waals surface area contributed by atoms with Crippen LogP contribution in [0.25, 0.3) is 33.7 Å². The molecule has 36 heavy (non-hydrogen) atoms. The molecule has 0 spiro atoms. The lowest BCUT2D eigenvalue weighted by Crippen LogP contribution is -2.35. The maximum absolute atomic E-state index is 13.2. The maximum Gasteiger partial charge on any atom is 0.330 e. The molecule has 0 fully saturated rings. The van der Waals surface area contributed by atoms with Crippen LogP contribution in [0.2, 0.25) is 0 Å². The molecular formula is C26H28N8O2. The molecule has 184 valence electrons. The van der Waals surface area contributed by atoms with Gasteiger partial charge in [0.1, 0.15) is 5.82 Å². The summed E-state index contributed by atoms with van der Waals surface area (Å²) >= 11 is 0. The first kappa shape index (κ1) is 23.4. The minimum absolute atomic E-state index is 0.301. The average Bonchev–Trinajstić information content (AvgIpc) is 3.54. The van der Waals surface area contributed by atoms with Gasteiger partial charge in [-0.2, -0.15) is 5.21 Å². The van der Waals surface area contributed by atoms with Crippen molar-refractivity contribution < 1.29 is 0 Å².